The Morgan fingerprint density at radius 2 is 2.07 bits per heavy atom. The maximum Gasteiger partial charge on any atom is 0.417 e. The van der Waals surface area contributed by atoms with E-state index >= 15 is 0 Å². The molecule has 3 heterocycles. The number of aromatic nitrogens is 2. The predicted octanol–water partition coefficient (Wildman–Crippen LogP) is 2.77. The summed E-state index contributed by atoms with van der Waals surface area (Å²) in [6.45, 7) is 5.93. The van der Waals surface area contributed by atoms with Crippen LogP contribution in [-0.2, 0) is 10.9 Å². The topological polar surface area (TPSA) is 58.9 Å². The molecular weight excluding hydrogens is 385 g/mol. The molecule has 0 unspecified atom stereocenters. The molecule has 0 radical (unpaired) electrons. The Kier molecular flexibility index (Phi) is 5.92. The number of nitrogens with one attached hydrogen (secondary N) is 1. The monoisotopic (exact) mass is 404 g/mol. The maximum absolute atomic E-state index is 13.1. The first kappa shape index (κ1) is 19.9. The number of imidazole rings is 1. The van der Waals surface area contributed by atoms with Gasteiger partial charge in [0.2, 0.25) is 0 Å². The number of rotatable bonds is 5. The minimum absolute atomic E-state index is 0.0596. The summed E-state index contributed by atoms with van der Waals surface area (Å²) in [6.07, 6.45) is -2.98. The molecular formula is C17H20ClF3N4O2. The third kappa shape index (κ3) is 4.53. The van der Waals surface area contributed by atoms with Crippen molar-refractivity contribution in [1.82, 2.24) is 19.6 Å². The van der Waals surface area contributed by atoms with Gasteiger partial charge in [-0.05, 0) is 26.0 Å². The highest BCUT2D eigenvalue weighted by Gasteiger charge is 2.32. The quantitative estimate of drug-likeness (QED) is 0.778. The molecule has 1 saturated heterocycles. The highest BCUT2D eigenvalue weighted by Crippen LogP contribution is 2.33. The van der Waals surface area contributed by atoms with E-state index in [-0.39, 0.29) is 16.4 Å². The van der Waals surface area contributed by atoms with Gasteiger partial charge in [-0.2, -0.15) is 13.2 Å². The molecule has 2 aromatic heterocycles. The van der Waals surface area contributed by atoms with Gasteiger partial charge in [0.15, 0.2) is 5.65 Å². The van der Waals surface area contributed by atoms with Crippen molar-refractivity contribution in [3.63, 3.8) is 0 Å². The number of carbonyl (C=O) groups excluding carboxylic acids is 1. The Bertz CT molecular complexity index is 832. The zero-order valence-corrected chi connectivity index (χ0v) is 15.5. The van der Waals surface area contributed by atoms with E-state index in [1.54, 1.807) is 6.92 Å². The molecule has 0 spiro atoms. The average Bonchev–Trinajstić information content (AvgIpc) is 2.95. The van der Waals surface area contributed by atoms with Crippen molar-refractivity contribution in [3.8, 4) is 0 Å². The SMILES string of the molecule is Cc1nc2c(Cl)cc(C(F)(F)F)cn2c1C(=O)NCCCN1CCOCC1. The van der Waals surface area contributed by atoms with Crippen LogP contribution in [0.1, 0.15) is 28.2 Å². The molecule has 10 heteroatoms. The summed E-state index contributed by atoms with van der Waals surface area (Å²) in [5, 5.41) is 2.60. The number of halogens is 4. The first-order valence-electron chi connectivity index (χ1n) is 8.61. The van der Waals surface area contributed by atoms with Crippen LogP contribution in [0.2, 0.25) is 5.02 Å². The van der Waals surface area contributed by atoms with Crippen LogP contribution in [0.25, 0.3) is 5.65 Å². The van der Waals surface area contributed by atoms with E-state index in [0.717, 1.165) is 42.7 Å². The molecule has 0 atom stereocenters. The summed E-state index contributed by atoms with van der Waals surface area (Å²) in [5.74, 6) is -0.475. The molecule has 1 N–H and O–H groups in total. The standard InChI is InChI=1S/C17H20ClF3N4O2/c1-11-14(16(26)22-3-2-4-24-5-7-27-8-6-24)25-10-12(17(19,20)21)9-13(18)15(25)23-11/h9-10H,2-8H2,1H3,(H,22,26). The van der Waals surface area contributed by atoms with Crippen LogP contribution in [0.15, 0.2) is 12.3 Å². The van der Waals surface area contributed by atoms with E-state index in [9.17, 15) is 18.0 Å². The molecule has 1 fully saturated rings. The summed E-state index contributed by atoms with van der Waals surface area (Å²) < 4.78 is 45.5. The number of nitrogens with zero attached hydrogens (tertiary/aromatic N) is 3. The van der Waals surface area contributed by atoms with Crippen LogP contribution in [-0.4, -0.2) is 59.6 Å². The molecule has 3 rings (SSSR count). The number of pyridine rings is 1. The van der Waals surface area contributed by atoms with Crippen molar-refractivity contribution in [1.29, 1.82) is 0 Å². The van der Waals surface area contributed by atoms with Crippen molar-refractivity contribution >= 4 is 23.2 Å². The lowest BCUT2D eigenvalue weighted by atomic mass is 10.2. The predicted molar refractivity (Wildman–Crippen MR) is 94.2 cm³/mol. The molecule has 0 aliphatic carbocycles. The van der Waals surface area contributed by atoms with Crippen LogP contribution in [0.4, 0.5) is 13.2 Å². The number of carbonyl (C=O) groups is 1. The third-order valence-electron chi connectivity index (χ3n) is 4.43. The Hall–Kier alpha value is -1.84. The van der Waals surface area contributed by atoms with Gasteiger partial charge in [0, 0.05) is 25.8 Å². The maximum atomic E-state index is 13.1. The molecule has 148 valence electrons. The van der Waals surface area contributed by atoms with Gasteiger partial charge in [0.1, 0.15) is 5.69 Å². The van der Waals surface area contributed by atoms with Gasteiger partial charge in [-0.25, -0.2) is 4.98 Å². The van der Waals surface area contributed by atoms with Crippen LogP contribution in [0.3, 0.4) is 0 Å². The number of alkyl halides is 3. The molecule has 0 bridgehead atoms. The molecule has 27 heavy (non-hydrogen) atoms. The lowest BCUT2D eigenvalue weighted by molar-refractivity contribution is -0.137. The Morgan fingerprint density at radius 3 is 2.74 bits per heavy atom. The van der Waals surface area contributed by atoms with Crippen LogP contribution >= 0.6 is 11.6 Å². The van der Waals surface area contributed by atoms with E-state index in [1.165, 1.54) is 0 Å². The fourth-order valence-electron chi connectivity index (χ4n) is 3.06. The number of hydrogen-bond donors (Lipinski definition) is 1. The molecule has 1 aliphatic heterocycles. The van der Waals surface area contributed by atoms with Gasteiger partial charge in [0.25, 0.3) is 5.91 Å². The summed E-state index contributed by atoms with van der Waals surface area (Å²) in [6, 6.07) is 0.813. The van der Waals surface area contributed by atoms with Crippen molar-refractivity contribution in [2.45, 2.75) is 19.5 Å². The third-order valence-corrected chi connectivity index (χ3v) is 4.71. The summed E-state index contributed by atoms with van der Waals surface area (Å²) in [5.41, 5.74) is -0.425. The molecule has 1 amide bonds. The highest BCUT2D eigenvalue weighted by molar-refractivity contribution is 6.33. The second-order valence-corrected chi connectivity index (χ2v) is 6.78. The summed E-state index contributed by atoms with van der Waals surface area (Å²) in [7, 11) is 0. The first-order valence-corrected chi connectivity index (χ1v) is 8.99. The minimum atomic E-state index is -4.57. The van der Waals surface area contributed by atoms with Gasteiger partial charge < -0.3 is 10.1 Å². The van der Waals surface area contributed by atoms with Crippen molar-refractivity contribution < 1.29 is 22.7 Å². The number of hydrogen-bond acceptors (Lipinski definition) is 4. The molecule has 6 nitrogen and oxygen atoms in total. The second-order valence-electron chi connectivity index (χ2n) is 6.38. The van der Waals surface area contributed by atoms with Gasteiger partial charge in [-0.3, -0.25) is 14.1 Å². The number of fused-ring (bicyclic) bond motifs is 1. The average molecular weight is 405 g/mol. The van der Waals surface area contributed by atoms with Crippen molar-refractivity contribution in [2.75, 3.05) is 39.4 Å². The number of morpholine rings is 1. The number of ether oxygens (including phenoxy) is 1. The Morgan fingerprint density at radius 1 is 1.37 bits per heavy atom. The van der Waals surface area contributed by atoms with E-state index in [0.29, 0.717) is 25.5 Å². The molecule has 1 aliphatic rings. The lowest BCUT2D eigenvalue weighted by Gasteiger charge is -2.26. The first-order chi connectivity index (χ1) is 12.8. The van der Waals surface area contributed by atoms with E-state index in [1.807, 2.05) is 0 Å². The van der Waals surface area contributed by atoms with Gasteiger partial charge in [-0.15, -0.1) is 0 Å². The largest absolute Gasteiger partial charge is 0.417 e. The van der Waals surface area contributed by atoms with Gasteiger partial charge in [0.05, 0.1) is 29.5 Å². The minimum Gasteiger partial charge on any atom is -0.379 e. The Labute approximate surface area is 159 Å². The van der Waals surface area contributed by atoms with Crippen LogP contribution in [0.5, 0.6) is 0 Å². The zero-order chi connectivity index (χ0) is 19.6. The fourth-order valence-corrected chi connectivity index (χ4v) is 3.31. The number of amides is 1. The normalized spacial score (nSPS) is 16.0. The second kappa shape index (κ2) is 8.04. The smallest absolute Gasteiger partial charge is 0.379 e. The van der Waals surface area contributed by atoms with Crippen molar-refractivity contribution in [2.24, 2.45) is 0 Å². The molecule has 0 saturated carbocycles. The van der Waals surface area contributed by atoms with Crippen LogP contribution in [0, 0.1) is 6.92 Å². The zero-order valence-electron chi connectivity index (χ0n) is 14.8. The molecule has 2 aromatic rings. The highest BCUT2D eigenvalue weighted by atomic mass is 35.5. The summed E-state index contributed by atoms with van der Waals surface area (Å²) >= 11 is 5.94. The van der Waals surface area contributed by atoms with Crippen LogP contribution < -0.4 is 5.32 Å². The van der Waals surface area contributed by atoms with E-state index in [4.69, 9.17) is 16.3 Å². The fraction of sp³-hybridized carbons (Fsp3) is 0.529. The summed E-state index contributed by atoms with van der Waals surface area (Å²) in [4.78, 5) is 18.9. The van der Waals surface area contributed by atoms with E-state index < -0.39 is 17.6 Å². The Balaban J connectivity index is 1.72. The molecule has 0 aromatic carbocycles. The number of aryl methyl sites for hydroxylation is 1. The van der Waals surface area contributed by atoms with Gasteiger partial charge in [-0.1, -0.05) is 11.6 Å². The lowest BCUT2D eigenvalue weighted by Crippen LogP contribution is -2.38. The van der Waals surface area contributed by atoms with Gasteiger partial charge >= 0.3 is 6.18 Å². The van der Waals surface area contributed by atoms with E-state index in [2.05, 4.69) is 15.2 Å². The van der Waals surface area contributed by atoms with Crippen molar-refractivity contribution in [3.05, 3.63) is 34.2 Å².